The molecule has 0 aromatic heterocycles. The molecule has 0 radical (unpaired) electrons. The number of ether oxygens (including phenoxy) is 2. The molecule has 4 saturated carbocycles. The Labute approximate surface area is 420 Å². The molecule has 11 rings (SSSR count). The first-order valence-electron chi connectivity index (χ1n) is 24.3. The highest BCUT2D eigenvalue weighted by Gasteiger charge is 2.99. The fourth-order valence-corrected chi connectivity index (χ4v) is 14.8. The maximum Gasteiger partial charge on any atom is 0.524 e. The molecule has 6 aliphatic rings. The van der Waals surface area contributed by atoms with E-state index in [9.17, 15) is 28.7 Å². The number of hydrogen-bond donors (Lipinski definition) is 4. The number of halogens is 1. The zero-order chi connectivity index (χ0) is 50.8. The number of likely N-dealkylation sites (N-methyl/N-ethyl adjacent to an activating group) is 3. The lowest BCUT2D eigenvalue weighted by Crippen LogP contribution is -2.99. The Morgan fingerprint density at radius 2 is 1.40 bits per heavy atom. The maximum absolute atomic E-state index is 15.2. The predicted octanol–water partition coefficient (Wildman–Crippen LogP) is 7.34. The van der Waals surface area contributed by atoms with Crippen LogP contribution in [0.3, 0.4) is 0 Å². The van der Waals surface area contributed by atoms with Gasteiger partial charge in [0.15, 0.2) is 0 Å². The second kappa shape index (κ2) is 17.5. The van der Waals surface area contributed by atoms with E-state index in [4.69, 9.17) is 25.6 Å². The van der Waals surface area contributed by atoms with Crippen LogP contribution in [-0.4, -0.2) is 109 Å². The fraction of sp³-hybridized carbons (Fsp3) is 0.415. The molecule has 376 valence electrons. The Balaban J connectivity index is 0.770. The SMILES string of the molecule is CNCC(=O)Nc1ccc(COC(=O)N(C)CCN(C)C(=O)Oc2cc3c(c4ccccc24)CCN3C(=O)C2(C)C3C4C(C)C5C2C3C45C(=O)N2CC(CCl)c3c2cc(OP(=O)(O)O)c2ccccc32)cc1. The van der Waals surface area contributed by atoms with Gasteiger partial charge in [0.25, 0.3) is 0 Å². The predicted molar refractivity (Wildman–Crippen MR) is 270 cm³/mol. The normalized spacial score (nSPS) is 26.8. The summed E-state index contributed by atoms with van der Waals surface area (Å²) in [5.74, 6) is 0.421. The quantitative estimate of drug-likeness (QED) is 0.0637. The van der Waals surface area contributed by atoms with Crippen LogP contribution in [0.4, 0.5) is 26.7 Å². The van der Waals surface area contributed by atoms with Gasteiger partial charge < -0.3 is 44.2 Å². The molecule has 17 nitrogen and oxygen atoms in total. The molecule has 4 N–H and O–H groups in total. The standard InChI is InChI=1S/C53H56ClN6O11P/c1-28-43-45-47-46(44(28)53(43,47)49(63)60-26-30(24-54)42-36-13-9-8-12-35(36)40(23-38(42)60)71-72(66,67)68)52(45,2)48(62)59-19-18-33-32-10-6-7-11-34(32)39(22-37(33)59)70-51(65)58(5)21-20-57(4)50(64)69-27-29-14-16-31(17-15-29)56-41(61)25-55-3/h6-17,22-23,28,30,43-47,55H,18-21,24-27H2,1-5H3,(H,56,61)(H2,66,67,68). The third-order valence-corrected chi connectivity index (χ3v) is 17.9. The highest BCUT2D eigenvalue weighted by atomic mass is 35.5. The van der Waals surface area contributed by atoms with Crippen molar-refractivity contribution in [3.8, 4) is 11.5 Å². The summed E-state index contributed by atoms with van der Waals surface area (Å²) in [6.45, 7) is 5.57. The fourth-order valence-electron chi connectivity index (χ4n) is 14.2. The Hall–Kier alpha value is -6.23. The molecule has 0 bridgehead atoms. The largest absolute Gasteiger partial charge is 0.524 e. The molecule has 4 fully saturated rings. The number of phosphoric acid groups is 1. The molecular formula is C53H56ClN6O11P. The van der Waals surface area contributed by atoms with Crippen molar-refractivity contribution in [3.05, 3.63) is 102 Å². The zero-order valence-corrected chi connectivity index (χ0v) is 42.1. The van der Waals surface area contributed by atoms with Gasteiger partial charge in [-0.25, -0.2) is 14.2 Å². The van der Waals surface area contributed by atoms with Crippen molar-refractivity contribution in [1.29, 1.82) is 0 Å². The zero-order valence-electron chi connectivity index (χ0n) is 40.5. The summed E-state index contributed by atoms with van der Waals surface area (Å²) in [6.07, 6.45) is -0.586. The van der Waals surface area contributed by atoms with E-state index in [2.05, 4.69) is 24.5 Å². The minimum absolute atomic E-state index is 0.00113. The van der Waals surface area contributed by atoms with Crippen molar-refractivity contribution in [2.45, 2.75) is 32.8 Å². The van der Waals surface area contributed by atoms with Gasteiger partial charge in [-0.3, -0.25) is 24.2 Å². The van der Waals surface area contributed by atoms with Crippen LogP contribution in [0.15, 0.2) is 84.9 Å². The van der Waals surface area contributed by atoms with E-state index in [1.54, 1.807) is 74.6 Å². The molecule has 4 aliphatic carbocycles. The number of carbonyl (C=O) groups is 5. The van der Waals surface area contributed by atoms with E-state index in [0.29, 0.717) is 47.7 Å². The van der Waals surface area contributed by atoms with E-state index < -0.39 is 30.8 Å². The third kappa shape index (κ3) is 7.05. The van der Waals surface area contributed by atoms with Crippen LogP contribution in [0.1, 0.15) is 36.5 Å². The Kier molecular flexibility index (Phi) is 11.7. The van der Waals surface area contributed by atoms with Crippen LogP contribution in [0.2, 0.25) is 0 Å². The third-order valence-electron chi connectivity index (χ3n) is 17.1. The van der Waals surface area contributed by atoms with E-state index >= 15 is 9.59 Å². The molecular weight excluding hydrogens is 963 g/mol. The summed E-state index contributed by atoms with van der Waals surface area (Å²) in [7, 11) is -0.0779. The second-order valence-corrected chi connectivity index (χ2v) is 22.0. The highest BCUT2D eigenvalue weighted by molar-refractivity contribution is 7.46. The minimum atomic E-state index is -4.93. The van der Waals surface area contributed by atoms with Gasteiger partial charge in [0.2, 0.25) is 17.7 Å². The second-order valence-electron chi connectivity index (χ2n) is 20.6. The van der Waals surface area contributed by atoms with Crippen molar-refractivity contribution in [1.82, 2.24) is 15.1 Å². The van der Waals surface area contributed by atoms with Gasteiger partial charge in [-0.05, 0) is 88.6 Å². The van der Waals surface area contributed by atoms with Crippen LogP contribution < -0.4 is 29.7 Å². The molecule has 0 saturated heterocycles. The number of nitrogens with one attached hydrogen (secondary N) is 2. The number of fused-ring (bicyclic) bond motifs is 8. The number of anilines is 3. The lowest BCUT2D eigenvalue weighted by molar-refractivity contribution is -0.489. The number of hydrogen-bond acceptors (Lipinski definition) is 10. The number of amides is 5. The molecule has 72 heavy (non-hydrogen) atoms. The first-order valence-corrected chi connectivity index (χ1v) is 26.4. The van der Waals surface area contributed by atoms with Crippen molar-refractivity contribution >= 4 is 87.9 Å². The van der Waals surface area contributed by atoms with E-state index in [-0.39, 0.29) is 97.0 Å². The summed E-state index contributed by atoms with van der Waals surface area (Å²) < 4.78 is 28.9. The van der Waals surface area contributed by atoms with Gasteiger partial charge in [-0.2, -0.15) is 0 Å². The first-order chi connectivity index (χ1) is 34.4. The van der Waals surface area contributed by atoms with Crippen molar-refractivity contribution in [2.24, 2.45) is 46.3 Å². The average molecular weight is 1020 g/mol. The summed E-state index contributed by atoms with van der Waals surface area (Å²) >= 11 is 6.59. The Bertz CT molecular complexity index is 3150. The van der Waals surface area contributed by atoms with Gasteiger partial charge in [0.1, 0.15) is 18.1 Å². The number of carbonyl (C=O) groups excluding carboxylic acids is 5. The van der Waals surface area contributed by atoms with Gasteiger partial charge in [0.05, 0.1) is 28.7 Å². The topological polar surface area (TPSA) is 208 Å². The van der Waals surface area contributed by atoms with Crippen LogP contribution in [0, 0.1) is 46.3 Å². The molecule has 5 aromatic rings. The van der Waals surface area contributed by atoms with Crippen LogP contribution in [-0.2, 0) is 36.7 Å². The van der Waals surface area contributed by atoms with Gasteiger partial charge in [0, 0.05) is 80.7 Å². The summed E-state index contributed by atoms with van der Waals surface area (Å²) in [5, 5.41) is 8.45. The van der Waals surface area contributed by atoms with Crippen LogP contribution >= 0.6 is 19.4 Å². The lowest BCUT2D eigenvalue weighted by atomic mass is 9.05. The summed E-state index contributed by atoms with van der Waals surface area (Å²) in [4.78, 5) is 94.9. The molecule has 19 heteroatoms. The monoisotopic (exact) mass is 1020 g/mol. The minimum Gasteiger partial charge on any atom is -0.445 e. The van der Waals surface area contributed by atoms with Crippen molar-refractivity contribution in [3.63, 3.8) is 0 Å². The van der Waals surface area contributed by atoms with Gasteiger partial charge in [-0.15, -0.1) is 11.6 Å². The lowest BCUT2D eigenvalue weighted by Gasteiger charge is -2.97. The molecule has 5 aromatic carbocycles. The van der Waals surface area contributed by atoms with Crippen LogP contribution in [0.25, 0.3) is 21.5 Å². The number of benzene rings is 5. The number of alkyl halides is 1. The number of rotatable bonds is 14. The van der Waals surface area contributed by atoms with E-state index in [1.807, 2.05) is 41.3 Å². The summed E-state index contributed by atoms with van der Waals surface area (Å²) in [6, 6.07) is 25.3. The molecule has 5 atom stereocenters. The summed E-state index contributed by atoms with van der Waals surface area (Å²) in [5.41, 5.74) is 3.16. The molecule has 2 aliphatic heterocycles. The maximum atomic E-state index is 15.2. The van der Waals surface area contributed by atoms with Gasteiger partial charge >= 0.3 is 20.0 Å². The molecule has 2 heterocycles. The number of phosphoric ester groups is 1. The Morgan fingerprint density at radius 1 is 0.792 bits per heavy atom. The van der Waals surface area contributed by atoms with Crippen molar-refractivity contribution in [2.75, 3.05) is 74.9 Å². The highest BCUT2D eigenvalue weighted by Crippen LogP contribution is 2.97. The van der Waals surface area contributed by atoms with Crippen LogP contribution in [0.5, 0.6) is 11.5 Å². The Morgan fingerprint density at radius 3 is 2.04 bits per heavy atom. The smallest absolute Gasteiger partial charge is 0.445 e. The van der Waals surface area contributed by atoms with E-state index in [1.165, 1.54) is 9.80 Å². The van der Waals surface area contributed by atoms with Crippen molar-refractivity contribution < 1.29 is 52.3 Å². The first kappa shape index (κ1) is 48.1. The molecule has 5 amide bonds. The molecule has 0 spiro atoms. The van der Waals surface area contributed by atoms with Gasteiger partial charge in [-0.1, -0.05) is 74.5 Å². The number of nitrogens with zero attached hydrogens (tertiary/aromatic N) is 4. The average Bonchev–Trinajstić information content (AvgIpc) is 3.96. The molecule has 5 unspecified atom stereocenters. The van der Waals surface area contributed by atoms with E-state index in [0.717, 1.165) is 32.8 Å².